The van der Waals surface area contributed by atoms with E-state index in [1.807, 2.05) is 0 Å². The number of carbonyl (C=O) groups is 2. The lowest BCUT2D eigenvalue weighted by Gasteiger charge is -2.02. The number of methoxy groups -OCH3 is 1. The SMILES string of the molecule is COC(=O)CCCCCCCCCOC(C)=O. The summed E-state index contributed by atoms with van der Waals surface area (Å²) in [7, 11) is 1.42. The van der Waals surface area contributed by atoms with Gasteiger partial charge in [0.05, 0.1) is 13.7 Å². The van der Waals surface area contributed by atoms with Gasteiger partial charge in [-0.25, -0.2) is 0 Å². The largest absolute Gasteiger partial charge is 0.469 e. The van der Waals surface area contributed by atoms with Crippen LogP contribution < -0.4 is 0 Å². The maximum absolute atomic E-state index is 10.8. The topological polar surface area (TPSA) is 52.6 Å². The van der Waals surface area contributed by atoms with E-state index in [2.05, 4.69) is 4.74 Å². The third-order valence-electron chi connectivity index (χ3n) is 2.56. The van der Waals surface area contributed by atoms with Crippen molar-refractivity contribution in [2.75, 3.05) is 13.7 Å². The third kappa shape index (κ3) is 12.9. The Morgan fingerprint density at radius 1 is 0.882 bits per heavy atom. The predicted molar refractivity (Wildman–Crippen MR) is 65.6 cm³/mol. The second-order valence-electron chi connectivity index (χ2n) is 4.14. The van der Waals surface area contributed by atoms with E-state index in [0.717, 1.165) is 32.1 Å². The highest BCUT2D eigenvalue weighted by atomic mass is 16.5. The first-order valence-electron chi connectivity index (χ1n) is 6.37. The van der Waals surface area contributed by atoms with Gasteiger partial charge in [-0.15, -0.1) is 0 Å². The zero-order valence-corrected chi connectivity index (χ0v) is 11.0. The highest BCUT2D eigenvalue weighted by Gasteiger charge is 1.99. The molecule has 4 nitrogen and oxygen atoms in total. The van der Waals surface area contributed by atoms with Crippen molar-refractivity contribution in [3.8, 4) is 0 Å². The molecule has 17 heavy (non-hydrogen) atoms. The first kappa shape index (κ1) is 15.9. The fourth-order valence-electron chi connectivity index (χ4n) is 1.57. The first-order valence-corrected chi connectivity index (χ1v) is 6.37. The summed E-state index contributed by atoms with van der Waals surface area (Å²) in [5, 5.41) is 0. The molecule has 0 aromatic carbocycles. The number of hydrogen-bond donors (Lipinski definition) is 0. The zero-order chi connectivity index (χ0) is 12.9. The maximum atomic E-state index is 10.8. The first-order chi connectivity index (χ1) is 8.16. The highest BCUT2D eigenvalue weighted by molar-refractivity contribution is 5.68. The maximum Gasteiger partial charge on any atom is 0.305 e. The standard InChI is InChI=1S/C13H24O4/c1-12(14)17-11-9-7-5-3-4-6-8-10-13(15)16-2/h3-11H2,1-2H3. The van der Waals surface area contributed by atoms with Crippen molar-refractivity contribution in [2.45, 2.75) is 58.3 Å². The monoisotopic (exact) mass is 244 g/mol. The van der Waals surface area contributed by atoms with E-state index in [4.69, 9.17) is 4.74 Å². The summed E-state index contributed by atoms with van der Waals surface area (Å²) in [6.07, 6.45) is 8.08. The molecule has 0 N–H and O–H groups in total. The Labute approximate surface area is 104 Å². The van der Waals surface area contributed by atoms with Crippen LogP contribution in [0.2, 0.25) is 0 Å². The van der Waals surface area contributed by atoms with Crippen molar-refractivity contribution in [2.24, 2.45) is 0 Å². The van der Waals surface area contributed by atoms with Crippen LogP contribution in [-0.4, -0.2) is 25.7 Å². The summed E-state index contributed by atoms with van der Waals surface area (Å²) in [6.45, 7) is 1.97. The van der Waals surface area contributed by atoms with Crippen molar-refractivity contribution in [1.82, 2.24) is 0 Å². The van der Waals surface area contributed by atoms with Crippen LogP contribution in [0.3, 0.4) is 0 Å². The lowest BCUT2D eigenvalue weighted by molar-refractivity contribution is -0.141. The van der Waals surface area contributed by atoms with Gasteiger partial charge in [0.1, 0.15) is 0 Å². The van der Waals surface area contributed by atoms with Gasteiger partial charge < -0.3 is 9.47 Å². The van der Waals surface area contributed by atoms with E-state index in [9.17, 15) is 9.59 Å². The Kier molecular flexibility index (Phi) is 10.7. The molecular weight excluding hydrogens is 220 g/mol. The normalized spacial score (nSPS) is 10.0. The minimum atomic E-state index is -0.201. The summed E-state index contributed by atoms with van der Waals surface area (Å²) in [4.78, 5) is 21.3. The van der Waals surface area contributed by atoms with Gasteiger partial charge in [-0.3, -0.25) is 9.59 Å². The third-order valence-corrected chi connectivity index (χ3v) is 2.56. The Bertz CT molecular complexity index is 213. The number of rotatable bonds is 10. The van der Waals surface area contributed by atoms with Gasteiger partial charge in [0, 0.05) is 13.3 Å². The van der Waals surface area contributed by atoms with Crippen LogP contribution in [0, 0.1) is 0 Å². The fraction of sp³-hybridized carbons (Fsp3) is 0.846. The molecule has 0 atom stereocenters. The number of unbranched alkanes of at least 4 members (excludes halogenated alkanes) is 6. The van der Waals surface area contributed by atoms with Gasteiger partial charge in [0.25, 0.3) is 0 Å². The smallest absolute Gasteiger partial charge is 0.305 e. The predicted octanol–water partition coefficient (Wildman–Crippen LogP) is 2.84. The minimum Gasteiger partial charge on any atom is -0.469 e. The van der Waals surface area contributed by atoms with Gasteiger partial charge >= 0.3 is 11.9 Å². The minimum absolute atomic E-state index is 0.119. The van der Waals surface area contributed by atoms with Crippen LogP contribution >= 0.6 is 0 Å². The van der Waals surface area contributed by atoms with E-state index in [1.165, 1.54) is 26.9 Å². The second kappa shape index (κ2) is 11.4. The molecule has 0 fully saturated rings. The summed E-state index contributed by atoms with van der Waals surface area (Å²) >= 11 is 0. The summed E-state index contributed by atoms with van der Waals surface area (Å²) in [6, 6.07) is 0. The Hall–Kier alpha value is -1.06. The van der Waals surface area contributed by atoms with Crippen LogP contribution in [0.5, 0.6) is 0 Å². The van der Waals surface area contributed by atoms with Crippen molar-refractivity contribution in [1.29, 1.82) is 0 Å². The molecule has 0 rings (SSSR count). The van der Waals surface area contributed by atoms with Crippen LogP contribution in [0.25, 0.3) is 0 Å². The van der Waals surface area contributed by atoms with Crippen molar-refractivity contribution >= 4 is 11.9 Å². The van der Waals surface area contributed by atoms with Gasteiger partial charge in [-0.05, 0) is 12.8 Å². The summed E-state index contributed by atoms with van der Waals surface area (Å²) in [5.74, 6) is -0.320. The van der Waals surface area contributed by atoms with Crippen LogP contribution in [-0.2, 0) is 19.1 Å². The quantitative estimate of drug-likeness (QED) is 0.438. The molecule has 0 radical (unpaired) electrons. The summed E-state index contributed by atoms with van der Waals surface area (Å²) < 4.78 is 9.40. The van der Waals surface area contributed by atoms with Crippen molar-refractivity contribution in [3.05, 3.63) is 0 Å². The number of ether oxygens (including phenoxy) is 2. The molecule has 0 aliphatic carbocycles. The zero-order valence-electron chi connectivity index (χ0n) is 11.0. The van der Waals surface area contributed by atoms with Gasteiger partial charge in [-0.1, -0.05) is 32.1 Å². The number of esters is 2. The molecule has 0 aromatic heterocycles. The molecule has 0 unspecified atom stereocenters. The van der Waals surface area contributed by atoms with Gasteiger partial charge in [0.2, 0.25) is 0 Å². The molecule has 0 saturated heterocycles. The Morgan fingerprint density at radius 2 is 1.41 bits per heavy atom. The molecule has 0 bridgehead atoms. The van der Waals surface area contributed by atoms with E-state index in [-0.39, 0.29) is 11.9 Å². The highest BCUT2D eigenvalue weighted by Crippen LogP contribution is 2.09. The molecule has 0 heterocycles. The van der Waals surface area contributed by atoms with E-state index in [0.29, 0.717) is 13.0 Å². The number of carbonyl (C=O) groups excluding carboxylic acids is 2. The van der Waals surface area contributed by atoms with Gasteiger partial charge in [-0.2, -0.15) is 0 Å². The van der Waals surface area contributed by atoms with Crippen LogP contribution in [0.4, 0.5) is 0 Å². The van der Waals surface area contributed by atoms with Gasteiger partial charge in [0.15, 0.2) is 0 Å². The van der Waals surface area contributed by atoms with Crippen molar-refractivity contribution < 1.29 is 19.1 Å². The molecule has 0 aromatic rings. The van der Waals surface area contributed by atoms with E-state index in [1.54, 1.807) is 0 Å². The lowest BCUT2D eigenvalue weighted by atomic mass is 10.1. The fourth-order valence-corrected chi connectivity index (χ4v) is 1.57. The average Bonchev–Trinajstić information content (AvgIpc) is 2.30. The Balaban J connectivity index is 3.03. The molecule has 4 heteroatoms. The molecule has 0 spiro atoms. The number of hydrogen-bond acceptors (Lipinski definition) is 4. The molecule has 0 aliphatic rings. The lowest BCUT2D eigenvalue weighted by Crippen LogP contribution is -2.00. The molecule has 0 aliphatic heterocycles. The average molecular weight is 244 g/mol. The molecule has 100 valence electrons. The van der Waals surface area contributed by atoms with Crippen molar-refractivity contribution in [3.63, 3.8) is 0 Å². The second-order valence-corrected chi connectivity index (χ2v) is 4.14. The molecular formula is C13H24O4. The molecule has 0 saturated carbocycles. The molecule has 0 amide bonds. The van der Waals surface area contributed by atoms with Crippen LogP contribution in [0.15, 0.2) is 0 Å². The van der Waals surface area contributed by atoms with Crippen LogP contribution in [0.1, 0.15) is 58.3 Å². The van der Waals surface area contributed by atoms with E-state index >= 15 is 0 Å². The van der Waals surface area contributed by atoms with E-state index < -0.39 is 0 Å². The Morgan fingerprint density at radius 3 is 1.94 bits per heavy atom. The summed E-state index contributed by atoms with van der Waals surface area (Å²) in [5.41, 5.74) is 0.